The third-order valence-corrected chi connectivity index (χ3v) is 4.91. The lowest BCUT2D eigenvalue weighted by molar-refractivity contribution is -0.148. The van der Waals surface area contributed by atoms with Crippen molar-refractivity contribution in [3.63, 3.8) is 0 Å². The molecule has 1 aromatic carbocycles. The predicted octanol–water partition coefficient (Wildman–Crippen LogP) is 3.97. The molecule has 3 aromatic rings. The van der Waals surface area contributed by atoms with E-state index in [1.165, 1.54) is 12.5 Å². The summed E-state index contributed by atoms with van der Waals surface area (Å²) in [7, 11) is 0. The first-order chi connectivity index (χ1) is 15.1. The number of aliphatic imine (C=N–C) groups is 1. The largest absolute Gasteiger partial charge is 0.488 e. The van der Waals surface area contributed by atoms with Crippen LogP contribution in [0.25, 0.3) is 0 Å². The Kier molecular flexibility index (Phi) is 6.28. The zero-order chi connectivity index (χ0) is 21.6. The summed E-state index contributed by atoms with van der Waals surface area (Å²) in [6, 6.07) is 10.7. The zero-order valence-electron chi connectivity index (χ0n) is 16.2. The predicted molar refractivity (Wildman–Crippen MR) is 112 cm³/mol. The molecule has 0 saturated heterocycles. The molecule has 0 spiro atoms. The van der Waals surface area contributed by atoms with Gasteiger partial charge in [0.15, 0.2) is 0 Å². The summed E-state index contributed by atoms with van der Waals surface area (Å²) < 4.78 is 16.3. The SMILES string of the molecule is O=C1N=C(COc2cccc(Cl)c2)C(C(=O)OCc2ccoc2)C(c2ccncc2)N1. The second-order valence-corrected chi connectivity index (χ2v) is 7.21. The molecular formula is C22H18ClN3O5. The molecule has 158 valence electrons. The molecule has 2 amide bonds. The Labute approximate surface area is 182 Å². The van der Waals surface area contributed by atoms with Crippen molar-refractivity contribution in [2.75, 3.05) is 6.61 Å². The number of carbonyl (C=O) groups excluding carboxylic acids is 2. The number of ether oxygens (including phenoxy) is 2. The Morgan fingerprint density at radius 3 is 2.74 bits per heavy atom. The van der Waals surface area contributed by atoms with Crippen molar-refractivity contribution in [2.45, 2.75) is 12.6 Å². The Morgan fingerprint density at radius 1 is 1.16 bits per heavy atom. The van der Waals surface area contributed by atoms with E-state index in [4.69, 9.17) is 25.5 Å². The second-order valence-electron chi connectivity index (χ2n) is 6.77. The lowest BCUT2D eigenvalue weighted by atomic mass is 9.88. The number of benzene rings is 1. The van der Waals surface area contributed by atoms with Crippen LogP contribution in [-0.2, 0) is 16.1 Å². The Balaban J connectivity index is 1.59. The average molecular weight is 440 g/mol. The molecule has 0 bridgehead atoms. The first kappa shape index (κ1) is 20.6. The number of urea groups is 1. The van der Waals surface area contributed by atoms with Crippen molar-refractivity contribution in [1.29, 1.82) is 0 Å². The number of aromatic nitrogens is 1. The maximum Gasteiger partial charge on any atom is 0.341 e. The van der Waals surface area contributed by atoms with Crippen LogP contribution < -0.4 is 10.1 Å². The number of hydrogen-bond donors (Lipinski definition) is 1. The molecule has 8 nitrogen and oxygen atoms in total. The minimum atomic E-state index is -0.883. The molecule has 31 heavy (non-hydrogen) atoms. The van der Waals surface area contributed by atoms with Gasteiger partial charge in [-0.15, -0.1) is 0 Å². The number of esters is 1. The lowest BCUT2D eigenvalue weighted by Gasteiger charge is -2.30. The quantitative estimate of drug-likeness (QED) is 0.559. The van der Waals surface area contributed by atoms with Crippen LogP contribution in [-0.4, -0.2) is 29.3 Å². The van der Waals surface area contributed by atoms with Gasteiger partial charge in [0.2, 0.25) is 0 Å². The van der Waals surface area contributed by atoms with E-state index in [0.717, 1.165) is 0 Å². The van der Waals surface area contributed by atoms with Gasteiger partial charge in [-0.1, -0.05) is 17.7 Å². The van der Waals surface area contributed by atoms with Crippen LogP contribution in [0.1, 0.15) is 17.2 Å². The van der Waals surface area contributed by atoms with Crippen LogP contribution in [0.3, 0.4) is 0 Å². The zero-order valence-corrected chi connectivity index (χ0v) is 17.0. The van der Waals surface area contributed by atoms with Crippen molar-refractivity contribution in [3.8, 4) is 5.75 Å². The van der Waals surface area contributed by atoms with E-state index in [1.54, 1.807) is 54.9 Å². The van der Waals surface area contributed by atoms with E-state index >= 15 is 0 Å². The summed E-state index contributed by atoms with van der Waals surface area (Å²) >= 11 is 6.00. The fourth-order valence-electron chi connectivity index (χ4n) is 3.21. The number of furan rings is 1. The van der Waals surface area contributed by atoms with Crippen LogP contribution in [0.4, 0.5) is 4.79 Å². The summed E-state index contributed by atoms with van der Waals surface area (Å²) in [4.78, 5) is 33.4. The van der Waals surface area contributed by atoms with Gasteiger partial charge in [-0.3, -0.25) is 9.78 Å². The van der Waals surface area contributed by atoms with Gasteiger partial charge in [-0.05, 0) is 42.0 Å². The maximum atomic E-state index is 13.1. The van der Waals surface area contributed by atoms with Crippen LogP contribution in [0.5, 0.6) is 5.75 Å². The maximum absolute atomic E-state index is 13.1. The number of nitrogens with one attached hydrogen (secondary N) is 1. The lowest BCUT2D eigenvalue weighted by Crippen LogP contribution is -2.46. The van der Waals surface area contributed by atoms with Crippen molar-refractivity contribution in [3.05, 3.63) is 83.5 Å². The molecule has 2 aromatic heterocycles. The number of rotatable bonds is 7. The molecule has 0 aliphatic carbocycles. The molecule has 4 rings (SSSR count). The molecule has 0 saturated carbocycles. The highest BCUT2D eigenvalue weighted by atomic mass is 35.5. The van der Waals surface area contributed by atoms with Gasteiger partial charge < -0.3 is 19.2 Å². The number of carbonyl (C=O) groups is 2. The highest BCUT2D eigenvalue weighted by Gasteiger charge is 2.40. The minimum absolute atomic E-state index is 0.0330. The molecule has 1 N–H and O–H groups in total. The number of nitrogens with zero attached hydrogens (tertiary/aromatic N) is 2. The summed E-state index contributed by atoms with van der Waals surface area (Å²) in [5.74, 6) is -0.935. The number of hydrogen-bond acceptors (Lipinski definition) is 6. The van der Waals surface area contributed by atoms with E-state index in [1.807, 2.05) is 0 Å². The number of halogens is 1. The topological polar surface area (TPSA) is 103 Å². The van der Waals surface area contributed by atoms with E-state index in [9.17, 15) is 9.59 Å². The highest BCUT2D eigenvalue weighted by Crippen LogP contribution is 2.29. The minimum Gasteiger partial charge on any atom is -0.488 e. The van der Waals surface area contributed by atoms with Gasteiger partial charge in [0.05, 0.1) is 24.3 Å². The molecule has 2 unspecified atom stereocenters. The van der Waals surface area contributed by atoms with E-state index in [2.05, 4.69) is 15.3 Å². The van der Waals surface area contributed by atoms with Crippen LogP contribution >= 0.6 is 11.6 Å². The van der Waals surface area contributed by atoms with Crippen LogP contribution in [0, 0.1) is 5.92 Å². The summed E-state index contributed by atoms with van der Waals surface area (Å²) in [5, 5.41) is 3.25. The average Bonchev–Trinajstić information content (AvgIpc) is 3.30. The molecule has 2 atom stereocenters. The van der Waals surface area contributed by atoms with Gasteiger partial charge >= 0.3 is 12.0 Å². The van der Waals surface area contributed by atoms with E-state index < -0.39 is 24.0 Å². The first-order valence-electron chi connectivity index (χ1n) is 9.44. The monoisotopic (exact) mass is 439 g/mol. The fraction of sp³-hybridized carbons (Fsp3) is 0.182. The standard InChI is InChI=1S/C22H18ClN3O5/c23-16-2-1-3-17(10-16)30-13-18-19(21(27)31-12-14-6-9-29-11-14)20(26-22(28)25-18)15-4-7-24-8-5-15/h1-11,19-20H,12-13H2,(H,26,28). The van der Waals surface area contributed by atoms with Gasteiger partial charge in [0, 0.05) is 23.0 Å². The highest BCUT2D eigenvalue weighted by molar-refractivity contribution is 6.30. The Hall–Kier alpha value is -3.65. The van der Waals surface area contributed by atoms with Crippen LogP contribution in [0.15, 0.2) is 76.8 Å². The molecule has 0 fully saturated rings. The Morgan fingerprint density at radius 2 is 2.00 bits per heavy atom. The van der Waals surface area contributed by atoms with Crippen molar-refractivity contribution in [1.82, 2.24) is 10.3 Å². The third-order valence-electron chi connectivity index (χ3n) is 4.68. The van der Waals surface area contributed by atoms with Gasteiger partial charge in [-0.2, -0.15) is 4.99 Å². The Bertz CT molecular complexity index is 1090. The van der Waals surface area contributed by atoms with Crippen LogP contribution in [0.2, 0.25) is 5.02 Å². The van der Waals surface area contributed by atoms with Gasteiger partial charge in [-0.25, -0.2) is 4.79 Å². The second kappa shape index (κ2) is 9.44. The third kappa shape index (κ3) is 5.10. The summed E-state index contributed by atoms with van der Waals surface area (Å²) in [5.41, 5.74) is 1.66. The van der Waals surface area contributed by atoms with Crippen molar-refractivity contribution < 1.29 is 23.5 Å². The summed E-state index contributed by atoms with van der Waals surface area (Å²) in [6.45, 7) is -0.0495. The molecule has 3 heterocycles. The smallest absolute Gasteiger partial charge is 0.341 e. The van der Waals surface area contributed by atoms with E-state index in [-0.39, 0.29) is 18.9 Å². The molecular weight excluding hydrogens is 422 g/mol. The first-order valence-corrected chi connectivity index (χ1v) is 9.82. The molecule has 9 heteroatoms. The normalized spacial score (nSPS) is 18.1. The molecule has 1 aliphatic rings. The van der Waals surface area contributed by atoms with Crippen molar-refractivity contribution >= 4 is 29.3 Å². The number of amides is 2. The molecule has 0 radical (unpaired) electrons. The van der Waals surface area contributed by atoms with E-state index in [0.29, 0.717) is 21.9 Å². The fourth-order valence-corrected chi connectivity index (χ4v) is 3.40. The van der Waals surface area contributed by atoms with Gasteiger partial charge in [0.1, 0.15) is 24.9 Å². The van der Waals surface area contributed by atoms with Gasteiger partial charge in [0.25, 0.3) is 0 Å². The molecule has 1 aliphatic heterocycles. The number of pyridine rings is 1. The van der Waals surface area contributed by atoms with Crippen molar-refractivity contribution in [2.24, 2.45) is 10.9 Å². The summed E-state index contributed by atoms with van der Waals surface area (Å²) in [6.07, 6.45) is 6.16.